The Bertz CT molecular complexity index is 1020. The lowest BCUT2D eigenvalue weighted by atomic mass is 10.1. The van der Waals surface area contributed by atoms with Gasteiger partial charge in [0.2, 0.25) is 0 Å². The van der Waals surface area contributed by atoms with Crippen LogP contribution in [0.4, 0.5) is 18.9 Å². The molecule has 28 heavy (non-hydrogen) atoms. The Morgan fingerprint density at radius 1 is 1.18 bits per heavy atom. The molecule has 0 spiro atoms. The van der Waals surface area contributed by atoms with Crippen molar-refractivity contribution in [3.8, 4) is 5.82 Å². The highest BCUT2D eigenvalue weighted by molar-refractivity contribution is 6.05. The molecule has 0 aliphatic carbocycles. The summed E-state index contributed by atoms with van der Waals surface area (Å²) in [5.41, 5.74) is -1.08. The topological polar surface area (TPSA) is 92.7 Å². The summed E-state index contributed by atoms with van der Waals surface area (Å²) in [5, 5.41) is 11.7. The van der Waals surface area contributed by atoms with E-state index >= 15 is 0 Å². The van der Waals surface area contributed by atoms with Crippen molar-refractivity contribution in [1.29, 1.82) is 0 Å². The van der Waals surface area contributed by atoms with Gasteiger partial charge in [0.1, 0.15) is 0 Å². The van der Waals surface area contributed by atoms with Gasteiger partial charge in [-0.15, -0.1) is 0 Å². The van der Waals surface area contributed by atoms with Gasteiger partial charge in [0.05, 0.1) is 11.8 Å². The van der Waals surface area contributed by atoms with E-state index in [-0.39, 0.29) is 5.82 Å². The van der Waals surface area contributed by atoms with Crippen LogP contribution in [0.3, 0.4) is 0 Å². The van der Waals surface area contributed by atoms with Crippen LogP contribution in [-0.2, 0) is 12.6 Å². The third kappa shape index (κ3) is 4.11. The number of halogens is 3. The summed E-state index contributed by atoms with van der Waals surface area (Å²) in [7, 11) is 0. The lowest BCUT2D eigenvalue weighted by Gasteiger charge is -2.12. The fourth-order valence-corrected chi connectivity index (χ4v) is 2.66. The van der Waals surface area contributed by atoms with E-state index in [0.29, 0.717) is 10.4 Å². The summed E-state index contributed by atoms with van der Waals surface area (Å²) in [6.07, 6.45) is -2.23. The number of aromatic amines is 1. The first-order chi connectivity index (χ1) is 13.3. The molecule has 0 radical (unpaired) electrons. The SMILES string of the molecule is CCCc1ccc(NC(=O)c2cnn(-c3ccc(=O)[nH]n3)c2C(F)(F)F)cc1. The number of aromatic nitrogens is 4. The number of amides is 1. The highest BCUT2D eigenvalue weighted by Gasteiger charge is 2.41. The number of nitrogens with zero attached hydrogens (tertiary/aromatic N) is 3. The molecule has 10 heteroatoms. The molecule has 2 aromatic heterocycles. The van der Waals surface area contributed by atoms with Gasteiger partial charge in [-0.1, -0.05) is 25.5 Å². The molecule has 7 nitrogen and oxygen atoms in total. The first-order valence-electron chi connectivity index (χ1n) is 8.41. The minimum absolute atomic E-state index is 0.269. The molecule has 2 heterocycles. The standard InChI is InChI=1S/C18H16F3N5O2/c1-2-3-11-4-6-12(7-5-11)23-17(28)13-10-22-26(16(13)18(19,20)21)14-8-9-15(27)25-24-14/h4-10H,2-3H2,1H3,(H,23,28)(H,25,27). The van der Waals surface area contributed by atoms with Crippen molar-refractivity contribution in [3.63, 3.8) is 0 Å². The number of carbonyl (C=O) groups excluding carboxylic acids is 1. The van der Waals surface area contributed by atoms with E-state index in [1.807, 2.05) is 12.0 Å². The van der Waals surface area contributed by atoms with Gasteiger partial charge in [0.25, 0.3) is 11.5 Å². The molecular weight excluding hydrogens is 375 g/mol. The quantitative estimate of drug-likeness (QED) is 0.699. The molecule has 0 bridgehead atoms. The Morgan fingerprint density at radius 3 is 2.46 bits per heavy atom. The van der Waals surface area contributed by atoms with E-state index in [4.69, 9.17) is 0 Å². The summed E-state index contributed by atoms with van der Waals surface area (Å²) in [4.78, 5) is 23.5. The Balaban J connectivity index is 1.93. The molecule has 1 aromatic carbocycles. The molecule has 1 amide bonds. The second-order valence-electron chi connectivity index (χ2n) is 6.00. The average molecular weight is 391 g/mol. The Hall–Kier alpha value is -3.43. The zero-order valence-corrected chi connectivity index (χ0v) is 14.7. The van der Waals surface area contributed by atoms with Crippen LogP contribution in [0.2, 0.25) is 0 Å². The van der Waals surface area contributed by atoms with Gasteiger partial charge in [0, 0.05) is 11.8 Å². The fourth-order valence-electron chi connectivity index (χ4n) is 2.66. The molecule has 0 atom stereocenters. The zero-order chi connectivity index (χ0) is 20.3. The molecule has 2 N–H and O–H groups in total. The predicted octanol–water partition coefficient (Wildman–Crippen LogP) is 3.18. The van der Waals surface area contributed by atoms with Crippen molar-refractivity contribution in [1.82, 2.24) is 20.0 Å². The van der Waals surface area contributed by atoms with E-state index in [0.717, 1.165) is 36.7 Å². The molecule has 146 valence electrons. The van der Waals surface area contributed by atoms with Gasteiger partial charge in [-0.2, -0.15) is 23.4 Å². The van der Waals surface area contributed by atoms with Crippen LogP contribution in [0.1, 0.15) is 35.0 Å². The van der Waals surface area contributed by atoms with Crippen LogP contribution < -0.4 is 10.9 Å². The fraction of sp³-hybridized carbons (Fsp3) is 0.222. The molecule has 0 aliphatic heterocycles. The summed E-state index contributed by atoms with van der Waals surface area (Å²) >= 11 is 0. The maximum atomic E-state index is 13.6. The second-order valence-corrected chi connectivity index (χ2v) is 6.00. The van der Waals surface area contributed by atoms with Crippen LogP contribution in [0, 0.1) is 0 Å². The lowest BCUT2D eigenvalue weighted by Crippen LogP contribution is -2.21. The van der Waals surface area contributed by atoms with Crippen LogP contribution in [0.5, 0.6) is 0 Å². The monoisotopic (exact) mass is 391 g/mol. The maximum Gasteiger partial charge on any atom is 0.434 e. The summed E-state index contributed by atoms with van der Waals surface area (Å²) in [6.45, 7) is 2.03. The average Bonchev–Trinajstić information content (AvgIpc) is 3.10. The first-order valence-corrected chi connectivity index (χ1v) is 8.41. The van der Waals surface area contributed by atoms with Crippen molar-refractivity contribution in [3.05, 3.63) is 69.8 Å². The van der Waals surface area contributed by atoms with E-state index in [1.54, 1.807) is 24.3 Å². The molecule has 0 fully saturated rings. The Kier molecular flexibility index (Phi) is 5.30. The summed E-state index contributed by atoms with van der Waals surface area (Å²) in [5.74, 6) is -1.22. The number of hydrogen-bond acceptors (Lipinski definition) is 4. The second kappa shape index (κ2) is 7.67. The molecule has 0 aliphatic rings. The van der Waals surface area contributed by atoms with Crippen LogP contribution in [0.15, 0.2) is 47.4 Å². The van der Waals surface area contributed by atoms with Gasteiger partial charge in [-0.05, 0) is 30.2 Å². The number of rotatable bonds is 5. The molecular formula is C18H16F3N5O2. The largest absolute Gasteiger partial charge is 0.434 e. The van der Waals surface area contributed by atoms with Crippen molar-refractivity contribution in [2.45, 2.75) is 25.9 Å². The number of H-pyrrole nitrogens is 1. The van der Waals surface area contributed by atoms with E-state index in [2.05, 4.69) is 15.5 Å². The molecule has 3 aromatic rings. The lowest BCUT2D eigenvalue weighted by molar-refractivity contribution is -0.143. The maximum absolute atomic E-state index is 13.6. The van der Waals surface area contributed by atoms with Gasteiger partial charge in [-0.3, -0.25) is 9.59 Å². The normalized spacial score (nSPS) is 11.4. The van der Waals surface area contributed by atoms with Crippen molar-refractivity contribution in [2.24, 2.45) is 0 Å². The number of anilines is 1. The number of carbonyl (C=O) groups is 1. The van der Waals surface area contributed by atoms with E-state index < -0.39 is 28.9 Å². The van der Waals surface area contributed by atoms with Crippen molar-refractivity contribution in [2.75, 3.05) is 5.32 Å². The third-order valence-corrected chi connectivity index (χ3v) is 3.91. The van der Waals surface area contributed by atoms with Crippen molar-refractivity contribution < 1.29 is 18.0 Å². The predicted molar refractivity (Wildman–Crippen MR) is 95.4 cm³/mol. The zero-order valence-electron chi connectivity index (χ0n) is 14.7. The molecule has 0 saturated heterocycles. The van der Waals surface area contributed by atoms with Crippen molar-refractivity contribution >= 4 is 11.6 Å². The van der Waals surface area contributed by atoms with Gasteiger partial charge >= 0.3 is 6.18 Å². The van der Waals surface area contributed by atoms with Crippen LogP contribution in [0.25, 0.3) is 5.82 Å². The first kappa shape index (κ1) is 19.3. The summed E-state index contributed by atoms with van der Waals surface area (Å²) in [6, 6.07) is 8.96. The minimum atomic E-state index is -4.87. The number of benzene rings is 1. The van der Waals surface area contributed by atoms with Crippen LogP contribution >= 0.6 is 0 Å². The Labute approximate surface area is 157 Å². The summed E-state index contributed by atoms with van der Waals surface area (Å²) < 4.78 is 41.3. The van der Waals surface area contributed by atoms with E-state index in [9.17, 15) is 22.8 Å². The third-order valence-electron chi connectivity index (χ3n) is 3.91. The van der Waals surface area contributed by atoms with E-state index in [1.165, 1.54) is 0 Å². The highest BCUT2D eigenvalue weighted by Crippen LogP contribution is 2.33. The van der Waals surface area contributed by atoms with Gasteiger partial charge in [0.15, 0.2) is 11.5 Å². The molecule has 0 saturated carbocycles. The van der Waals surface area contributed by atoms with Gasteiger partial charge in [-0.25, -0.2) is 9.78 Å². The highest BCUT2D eigenvalue weighted by atomic mass is 19.4. The van der Waals surface area contributed by atoms with Gasteiger partial charge < -0.3 is 5.32 Å². The number of hydrogen-bond donors (Lipinski definition) is 2. The van der Waals surface area contributed by atoms with Crippen LogP contribution in [-0.4, -0.2) is 25.9 Å². The number of nitrogens with one attached hydrogen (secondary N) is 2. The number of aryl methyl sites for hydroxylation is 1. The molecule has 0 unspecified atom stereocenters. The number of alkyl halides is 3. The smallest absolute Gasteiger partial charge is 0.322 e. The minimum Gasteiger partial charge on any atom is -0.322 e. The molecule has 3 rings (SSSR count). The Morgan fingerprint density at radius 2 is 1.89 bits per heavy atom.